The van der Waals surface area contributed by atoms with Crippen LogP contribution >= 0.6 is 0 Å². The van der Waals surface area contributed by atoms with Crippen molar-refractivity contribution in [2.45, 2.75) is 45.8 Å². The second-order valence-electron chi connectivity index (χ2n) is 4.66. The third-order valence-electron chi connectivity index (χ3n) is 2.67. The molecule has 1 atom stereocenters. The number of carboxylic acids is 1. The number of aromatic nitrogens is 2. The second-order valence-corrected chi connectivity index (χ2v) is 4.66. The van der Waals surface area contributed by atoms with Gasteiger partial charge in [0, 0.05) is 0 Å². The van der Waals surface area contributed by atoms with Gasteiger partial charge >= 0.3 is 5.97 Å². The highest BCUT2D eigenvalue weighted by molar-refractivity contribution is 5.87. The highest BCUT2D eigenvalue weighted by Gasteiger charge is 2.33. The SMILES string of the molecule is CCCC(C)(NC(=O)COCc1nc(C)no1)C(=O)O. The zero-order valence-corrected chi connectivity index (χ0v) is 11.8. The summed E-state index contributed by atoms with van der Waals surface area (Å²) in [6, 6.07) is 0. The summed E-state index contributed by atoms with van der Waals surface area (Å²) >= 11 is 0. The third-order valence-corrected chi connectivity index (χ3v) is 2.67. The summed E-state index contributed by atoms with van der Waals surface area (Å²) in [5.41, 5.74) is -1.28. The fraction of sp³-hybridized carbons (Fsp3) is 0.667. The Bertz CT molecular complexity index is 473. The summed E-state index contributed by atoms with van der Waals surface area (Å²) in [4.78, 5) is 26.7. The largest absolute Gasteiger partial charge is 0.480 e. The number of nitrogens with zero attached hydrogens (tertiary/aromatic N) is 2. The Morgan fingerprint density at radius 1 is 1.50 bits per heavy atom. The van der Waals surface area contributed by atoms with Crippen LogP contribution in [0.5, 0.6) is 0 Å². The number of nitrogens with one attached hydrogen (secondary N) is 1. The van der Waals surface area contributed by atoms with E-state index in [1.807, 2.05) is 6.92 Å². The number of aliphatic carboxylic acids is 1. The smallest absolute Gasteiger partial charge is 0.329 e. The predicted octanol–water partition coefficient (Wildman–Crippen LogP) is 0.654. The molecule has 8 nitrogen and oxygen atoms in total. The molecule has 112 valence electrons. The fourth-order valence-corrected chi connectivity index (χ4v) is 1.70. The number of carbonyl (C=O) groups excluding carboxylic acids is 1. The van der Waals surface area contributed by atoms with Crippen molar-refractivity contribution in [3.8, 4) is 0 Å². The number of hydrogen-bond donors (Lipinski definition) is 2. The molecule has 0 fully saturated rings. The van der Waals surface area contributed by atoms with Crippen LogP contribution in [0.3, 0.4) is 0 Å². The van der Waals surface area contributed by atoms with Gasteiger partial charge in [-0.15, -0.1) is 0 Å². The van der Waals surface area contributed by atoms with Gasteiger partial charge in [0.05, 0.1) is 0 Å². The molecule has 0 aliphatic carbocycles. The standard InChI is InChI=1S/C12H19N3O5/c1-4-5-12(3,11(17)18)14-9(16)6-19-7-10-13-8(2)15-20-10/h4-7H2,1-3H3,(H,14,16)(H,17,18). The van der Waals surface area contributed by atoms with E-state index in [0.29, 0.717) is 18.7 Å². The number of ether oxygens (including phenoxy) is 1. The Morgan fingerprint density at radius 3 is 2.70 bits per heavy atom. The highest BCUT2D eigenvalue weighted by atomic mass is 16.5. The number of aryl methyl sites for hydroxylation is 1. The summed E-state index contributed by atoms with van der Waals surface area (Å²) in [5.74, 6) is -0.820. The quantitative estimate of drug-likeness (QED) is 0.720. The first-order valence-corrected chi connectivity index (χ1v) is 6.28. The molecule has 2 N–H and O–H groups in total. The average molecular weight is 285 g/mol. The van der Waals surface area contributed by atoms with E-state index in [0.717, 1.165) is 0 Å². The minimum atomic E-state index is -1.28. The second kappa shape index (κ2) is 6.99. The Kier molecular flexibility index (Phi) is 5.63. The zero-order valence-electron chi connectivity index (χ0n) is 11.8. The first-order valence-electron chi connectivity index (χ1n) is 6.28. The molecular formula is C12H19N3O5. The van der Waals surface area contributed by atoms with Gasteiger partial charge < -0.3 is 19.7 Å². The molecule has 20 heavy (non-hydrogen) atoms. The van der Waals surface area contributed by atoms with Crippen molar-refractivity contribution in [1.82, 2.24) is 15.5 Å². The average Bonchev–Trinajstić information content (AvgIpc) is 2.75. The highest BCUT2D eigenvalue weighted by Crippen LogP contribution is 2.12. The van der Waals surface area contributed by atoms with Gasteiger partial charge in [-0.1, -0.05) is 18.5 Å². The molecule has 1 unspecified atom stereocenters. The maximum absolute atomic E-state index is 11.7. The van der Waals surface area contributed by atoms with Gasteiger partial charge in [0.25, 0.3) is 5.89 Å². The molecule has 0 aromatic carbocycles. The molecule has 0 bridgehead atoms. The number of carbonyl (C=O) groups is 2. The van der Waals surface area contributed by atoms with E-state index in [4.69, 9.17) is 14.4 Å². The van der Waals surface area contributed by atoms with Crippen LogP contribution in [0.25, 0.3) is 0 Å². The molecule has 0 spiro atoms. The van der Waals surface area contributed by atoms with Crippen molar-refractivity contribution in [3.05, 3.63) is 11.7 Å². The Morgan fingerprint density at radius 2 is 2.20 bits per heavy atom. The topological polar surface area (TPSA) is 115 Å². The van der Waals surface area contributed by atoms with Crippen LogP contribution in [-0.4, -0.2) is 39.3 Å². The van der Waals surface area contributed by atoms with E-state index in [9.17, 15) is 9.59 Å². The Balaban J connectivity index is 2.40. The molecule has 1 aromatic rings. The van der Waals surface area contributed by atoms with Gasteiger partial charge in [-0.25, -0.2) is 4.79 Å². The van der Waals surface area contributed by atoms with Crippen LogP contribution in [0.2, 0.25) is 0 Å². The number of hydrogen-bond acceptors (Lipinski definition) is 6. The molecule has 0 saturated heterocycles. The molecule has 1 amide bonds. The predicted molar refractivity (Wildman–Crippen MR) is 67.8 cm³/mol. The van der Waals surface area contributed by atoms with Crippen molar-refractivity contribution in [3.63, 3.8) is 0 Å². The molecule has 0 radical (unpaired) electrons. The van der Waals surface area contributed by atoms with Crippen molar-refractivity contribution in [2.24, 2.45) is 0 Å². The summed E-state index contributed by atoms with van der Waals surface area (Å²) in [6.45, 7) is 4.72. The zero-order chi connectivity index (χ0) is 15.2. The van der Waals surface area contributed by atoms with Crippen LogP contribution < -0.4 is 5.32 Å². The molecule has 1 aromatic heterocycles. The number of amides is 1. The molecule has 0 saturated carbocycles. The summed E-state index contributed by atoms with van der Waals surface area (Å²) in [6.07, 6.45) is 0.988. The molecular weight excluding hydrogens is 266 g/mol. The van der Waals surface area contributed by atoms with Crippen molar-refractivity contribution in [1.29, 1.82) is 0 Å². The first-order chi connectivity index (χ1) is 9.37. The molecule has 1 rings (SSSR count). The normalized spacial score (nSPS) is 13.8. The van der Waals surface area contributed by atoms with E-state index < -0.39 is 17.4 Å². The monoisotopic (exact) mass is 285 g/mol. The van der Waals surface area contributed by atoms with E-state index in [1.54, 1.807) is 6.92 Å². The lowest BCUT2D eigenvalue weighted by atomic mass is 9.96. The van der Waals surface area contributed by atoms with E-state index in [1.165, 1.54) is 6.92 Å². The lowest BCUT2D eigenvalue weighted by Gasteiger charge is -2.25. The van der Waals surface area contributed by atoms with Crippen LogP contribution in [0, 0.1) is 6.92 Å². The molecule has 8 heteroatoms. The minimum absolute atomic E-state index is 0.00578. The number of carboxylic acid groups (broad SMARTS) is 1. The summed E-state index contributed by atoms with van der Waals surface area (Å²) in [7, 11) is 0. The van der Waals surface area contributed by atoms with E-state index >= 15 is 0 Å². The Hall–Kier alpha value is -1.96. The summed E-state index contributed by atoms with van der Waals surface area (Å²) < 4.78 is 9.91. The molecule has 1 heterocycles. The maximum Gasteiger partial charge on any atom is 0.329 e. The van der Waals surface area contributed by atoms with Crippen LogP contribution in [-0.2, 0) is 20.9 Å². The fourth-order valence-electron chi connectivity index (χ4n) is 1.70. The van der Waals surface area contributed by atoms with Crippen LogP contribution in [0.15, 0.2) is 4.52 Å². The number of rotatable bonds is 8. The Labute approximate surface area is 116 Å². The van der Waals surface area contributed by atoms with Crippen molar-refractivity contribution >= 4 is 11.9 Å². The van der Waals surface area contributed by atoms with Gasteiger partial charge in [-0.05, 0) is 20.3 Å². The molecule has 0 aliphatic heterocycles. The maximum atomic E-state index is 11.7. The van der Waals surface area contributed by atoms with Crippen LogP contribution in [0.4, 0.5) is 0 Å². The summed E-state index contributed by atoms with van der Waals surface area (Å²) in [5, 5.41) is 15.2. The lowest BCUT2D eigenvalue weighted by Crippen LogP contribution is -2.53. The lowest BCUT2D eigenvalue weighted by molar-refractivity contribution is -0.148. The van der Waals surface area contributed by atoms with Crippen LogP contribution in [0.1, 0.15) is 38.4 Å². The van der Waals surface area contributed by atoms with Gasteiger partial charge in [0.15, 0.2) is 5.82 Å². The van der Waals surface area contributed by atoms with Gasteiger partial charge in [-0.3, -0.25) is 4.79 Å². The van der Waals surface area contributed by atoms with Crippen molar-refractivity contribution < 1.29 is 24.0 Å². The van der Waals surface area contributed by atoms with Gasteiger partial charge in [-0.2, -0.15) is 4.98 Å². The van der Waals surface area contributed by atoms with E-state index in [2.05, 4.69) is 15.5 Å². The molecule has 0 aliphatic rings. The van der Waals surface area contributed by atoms with E-state index in [-0.39, 0.29) is 19.1 Å². The third kappa shape index (κ3) is 4.61. The van der Waals surface area contributed by atoms with Crippen molar-refractivity contribution in [2.75, 3.05) is 6.61 Å². The van der Waals surface area contributed by atoms with Gasteiger partial charge in [0.2, 0.25) is 5.91 Å². The minimum Gasteiger partial charge on any atom is -0.480 e. The van der Waals surface area contributed by atoms with Gasteiger partial charge in [0.1, 0.15) is 18.8 Å². The first kappa shape index (κ1) is 16.1.